The van der Waals surface area contributed by atoms with Crippen molar-refractivity contribution in [2.45, 2.75) is 31.0 Å². The summed E-state index contributed by atoms with van der Waals surface area (Å²) in [6, 6.07) is 15.0. The number of halogens is 1. The molecule has 9 heteroatoms. The average molecular weight is 466 g/mol. The van der Waals surface area contributed by atoms with Crippen molar-refractivity contribution < 1.29 is 28.6 Å². The molecular weight excluding hydrogens is 446 g/mol. The zero-order valence-electron chi connectivity index (χ0n) is 17.6. The second-order valence-corrected chi connectivity index (χ2v) is 8.92. The number of anilines is 1. The zero-order valence-corrected chi connectivity index (χ0v) is 18.7. The van der Waals surface area contributed by atoms with E-state index in [1.54, 1.807) is 42.5 Å². The van der Waals surface area contributed by atoms with Crippen LogP contribution in [0.4, 0.5) is 10.2 Å². The average Bonchev–Trinajstić information content (AvgIpc) is 3.52. The van der Waals surface area contributed by atoms with Crippen LogP contribution in [0.3, 0.4) is 0 Å². The first-order valence-corrected chi connectivity index (χ1v) is 10.9. The van der Waals surface area contributed by atoms with E-state index in [4.69, 9.17) is 9.47 Å². The molecule has 1 aliphatic carbocycles. The molecule has 2 aliphatic rings. The van der Waals surface area contributed by atoms with Gasteiger partial charge >= 0.3 is 11.8 Å². The Labute approximate surface area is 191 Å². The van der Waals surface area contributed by atoms with Gasteiger partial charge in [-0.25, -0.2) is 9.78 Å². The van der Waals surface area contributed by atoms with Crippen molar-refractivity contribution in [2.75, 3.05) is 5.32 Å². The Morgan fingerprint density at radius 2 is 1.85 bits per heavy atom. The number of pyridine rings is 1. The molecule has 2 heterocycles. The maximum Gasteiger partial charge on any atom is 0.418 e. The van der Waals surface area contributed by atoms with Gasteiger partial charge in [-0.3, -0.25) is 4.79 Å². The Hall–Kier alpha value is -3.51. The number of amides is 1. The van der Waals surface area contributed by atoms with Crippen molar-refractivity contribution >= 4 is 26.9 Å². The van der Waals surface area contributed by atoms with E-state index in [1.165, 1.54) is 6.07 Å². The largest absolute Gasteiger partial charge is 0.478 e. The fraction of sp³-hybridized carbons (Fsp3) is 0.208. The quantitative estimate of drug-likeness (QED) is 0.531. The smallest absolute Gasteiger partial charge is 0.418 e. The molecule has 33 heavy (non-hydrogen) atoms. The van der Waals surface area contributed by atoms with Gasteiger partial charge in [-0.15, -0.1) is 0 Å². The van der Waals surface area contributed by atoms with Crippen LogP contribution in [-0.4, -0.2) is 27.7 Å². The second-order valence-electron chi connectivity index (χ2n) is 8.23. The number of alkyl halides is 1. The van der Waals surface area contributed by atoms with Crippen molar-refractivity contribution in [3.8, 4) is 22.8 Å². The number of rotatable bonds is 5. The molecule has 3 aromatic rings. The highest BCUT2D eigenvalue weighted by atomic mass is 31.0. The first-order valence-electron chi connectivity index (χ1n) is 10.3. The monoisotopic (exact) mass is 466 g/mol. The van der Waals surface area contributed by atoms with E-state index in [-0.39, 0.29) is 23.0 Å². The molecule has 0 bridgehead atoms. The van der Waals surface area contributed by atoms with Crippen LogP contribution in [0.25, 0.3) is 11.3 Å². The number of fused-ring (bicyclic) bond motifs is 1. The number of benzene rings is 2. The lowest BCUT2D eigenvalue weighted by molar-refractivity contribution is -0.118. The standard InChI is InChI=1S/C24H20FN2O5P/c1-13-5-8-19(26-20(13)14-3-2-4-15(11-14)21(28)29)27-22(30)23(9-10-23)16-6-7-17-18(12-16)32-24(25,33)31-17/h2-8,11-12H,9-10,33H2,1H3,(H,28,29)(H,26,27,30). The van der Waals surface area contributed by atoms with E-state index in [0.717, 1.165) is 5.56 Å². The summed E-state index contributed by atoms with van der Waals surface area (Å²) in [6.07, 6.45) is 1.28. The molecule has 5 rings (SSSR count). The molecule has 2 N–H and O–H groups in total. The van der Waals surface area contributed by atoms with Gasteiger partial charge in [0.05, 0.1) is 16.7 Å². The number of carbonyl (C=O) groups is 2. The molecule has 0 saturated heterocycles. The van der Waals surface area contributed by atoms with E-state index >= 15 is 0 Å². The number of carboxylic acid groups (broad SMARTS) is 1. The lowest BCUT2D eigenvalue weighted by Gasteiger charge is -2.17. The summed E-state index contributed by atoms with van der Waals surface area (Å²) in [5.74, 6) is -2.66. The predicted molar refractivity (Wildman–Crippen MR) is 122 cm³/mol. The Morgan fingerprint density at radius 1 is 1.09 bits per heavy atom. The molecule has 1 fully saturated rings. The van der Waals surface area contributed by atoms with Crippen molar-refractivity contribution in [3.63, 3.8) is 0 Å². The minimum Gasteiger partial charge on any atom is -0.478 e. The van der Waals surface area contributed by atoms with Gasteiger partial charge in [-0.2, -0.15) is 4.39 Å². The highest BCUT2D eigenvalue weighted by Gasteiger charge is 2.52. The number of aromatic carboxylic acids is 1. The topological polar surface area (TPSA) is 97.8 Å². The van der Waals surface area contributed by atoms with Gasteiger partial charge in [0, 0.05) is 5.56 Å². The number of aryl methyl sites for hydroxylation is 1. The van der Waals surface area contributed by atoms with Gasteiger partial charge in [0.2, 0.25) is 5.91 Å². The SMILES string of the molecule is Cc1ccc(NC(=O)C2(c3ccc4c(c3)OC(F)(P)O4)CC2)nc1-c1cccc(C(=O)O)c1. The van der Waals surface area contributed by atoms with E-state index in [1.807, 2.05) is 22.2 Å². The third-order valence-corrected chi connectivity index (χ3v) is 6.14. The van der Waals surface area contributed by atoms with Gasteiger partial charge < -0.3 is 19.9 Å². The molecule has 1 amide bonds. The summed E-state index contributed by atoms with van der Waals surface area (Å²) in [5, 5.41) is 12.2. The van der Waals surface area contributed by atoms with E-state index in [2.05, 4.69) is 10.3 Å². The summed E-state index contributed by atoms with van der Waals surface area (Å²) < 4.78 is 24.2. The summed E-state index contributed by atoms with van der Waals surface area (Å²) in [6.45, 7) is 1.87. The number of ether oxygens (including phenoxy) is 2. The van der Waals surface area contributed by atoms with Crippen LogP contribution in [0.15, 0.2) is 54.6 Å². The molecule has 7 nitrogen and oxygen atoms in total. The van der Waals surface area contributed by atoms with Gasteiger partial charge in [-0.1, -0.05) is 24.3 Å². The Morgan fingerprint density at radius 3 is 2.58 bits per heavy atom. The maximum atomic E-state index is 14.0. The second kappa shape index (κ2) is 7.52. The van der Waals surface area contributed by atoms with Gasteiger partial charge in [0.25, 0.3) is 0 Å². The normalized spacial score (nSPS) is 19.7. The van der Waals surface area contributed by atoms with Crippen LogP contribution < -0.4 is 14.8 Å². The van der Waals surface area contributed by atoms with Crippen molar-refractivity contribution in [2.24, 2.45) is 0 Å². The van der Waals surface area contributed by atoms with Crippen LogP contribution in [0.1, 0.15) is 34.3 Å². The maximum absolute atomic E-state index is 14.0. The molecule has 1 aliphatic heterocycles. The van der Waals surface area contributed by atoms with Crippen molar-refractivity contribution in [1.29, 1.82) is 0 Å². The van der Waals surface area contributed by atoms with Crippen LogP contribution in [0.5, 0.6) is 11.5 Å². The molecular formula is C24H20FN2O5P. The molecule has 2 aromatic carbocycles. The Balaban J connectivity index is 1.40. The Kier molecular flexibility index (Phi) is 4.87. The summed E-state index contributed by atoms with van der Waals surface area (Å²) in [4.78, 5) is 29.1. The van der Waals surface area contributed by atoms with Crippen LogP contribution in [0, 0.1) is 6.92 Å². The van der Waals surface area contributed by atoms with Crippen molar-refractivity contribution in [1.82, 2.24) is 4.98 Å². The van der Waals surface area contributed by atoms with E-state index < -0.39 is 17.2 Å². The molecule has 0 radical (unpaired) electrons. The lowest BCUT2D eigenvalue weighted by atomic mass is 9.94. The highest BCUT2D eigenvalue weighted by Crippen LogP contribution is 2.52. The molecule has 2 unspecified atom stereocenters. The number of nitrogens with zero attached hydrogens (tertiary/aromatic N) is 1. The van der Waals surface area contributed by atoms with E-state index in [9.17, 15) is 19.1 Å². The number of hydrogen-bond acceptors (Lipinski definition) is 5. The van der Waals surface area contributed by atoms with Gasteiger partial charge in [0.1, 0.15) is 5.82 Å². The van der Waals surface area contributed by atoms with Crippen LogP contribution in [0.2, 0.25) is 0 Å². The van der Waals surface area contributed by atoms with E-state index in [0.29, 0.717) is 35.5 Å². The number of hydrogen-bond donors (Lipinski definition) is 2. The fourth-order valence-electron chi connectivity index (χ4n) is 3.99. The molecule has 1 saturated carbocycles. The number of carbonyl (C=O) groups excluding carboxylic acids is 1. The Bertz CT molecular complexity index is 1310. The predicted octanol–water partition coefficient (Wildman–Crippen LogP) is 4.65. The summed E-state index contributed by atoms with van der Waals surface area (Å²) >= 11 is 0. The van der Waals surface area contributed by atoms with Gasteiger partial charge in [0.15, 0.2) is 11.5 Å². The summed E-state index contributed by atoms with van der Waals surface area (Å²) in [5.41, 5.74) is 2.20. The molecule has 168 valence electrons. The first kappa shape index (κ1) is 21.3. The van der Waals surface area contributed by atoms with Crippen LogP contribution >= 0.6 is 9.24 Å². The lowest BCUT2D eigenvalue weighted by Crippen LogP contribution is -2.28. The number of aromatic nitrogens is 1. The fourth-order valence-corrected chi connectivity index (χ4v) is 4.24. The first-order chi connectivity index (χ1) is 15.7. The van der Waals surface area contributed by atoms with Gasteiger partial charge in [-0.05, 0) is 70.5 Å². The minimum atomic E-state index is -2.31. The highest BCUT2D eigenvalue weighted by molar-refractivity contribution is 7.18. The van der Waals surface area contributed by atoms with Crippen molar-refractivity contribution in [3.05, 3.63) is 71.3 Å². The number of carboxylic acids is 1. The number of nitrogens with one attached hydrogen (secondary N) is 1. The summed E-state index contributed by atoms with van der Waals surface area (Å²) in [7, 11) is 1.86. The van der Waals surface area contributed by atoms with Crippen LogP contribution in [-0.2, 0) is 10.2 Å². The zero-order chi connectivity index (χ0) is 23.4. The third-order valence-electron chi connectivity index (χ3n) is 5.90. The minimum absolute atomic E-state index is 0.158. The molecule has 0 spiro atoms. The molecule has 1 aromatic heterocycles. The molecule has 2 atom stereocenters. The third kappa shape index (κ3) is 3.91.